The molecule has 0 fully saturated rings. The van der Waals surface area contributed by atoms with Crippen LogP contribution in [0, 0.1) is 0 Å². The molecular weight excluding hydrogens is 198 g/mol. The Balaban J connectivity index is 2.85. The topological polar surface area (TPSA) is 28.2 Å². The molecule has 0 aliphatic heterocycles. The molecule has 0 aromatic carbocycles. The predicted molar refractivity (Wildman–Crippen MR) is 69.6 cm³/mol. The van der Waals surface area contributed by atoms with E-state index < -0.39 is 0 Å². The maximum absolute atomic E-state index is 4.36. The van der Waals surface area contributed by atoms with Crippen molar-refractivity contribution in [2.45, 2.75) is 6.54 Å². The smallest absolute Gasteiger partial charge is 0.129 e. The van der Waals surface area contributed by atoms with E-state index in [9.17, 15) is 0 Å². The third kappa shape index (κ3) is 3.51. The molecular formula is C13H19N3. The number of nitrogens with one attached hydrogen (secondary N) is 1. The van der Waals surface area contributed by atoms with Crippen molar-refractivity contribution in [1.82, 2.24) is 10.3 Å². The summed E-state index contributed by atoms with van der Waals surface area (Å²) >= 11 is 0. The Labute approximate surface area is 97.5 Å². The van der Waals surface area contributed by atoms with Gasteiger partial charge in [-0.2, -0.15) is 0 Å². The summed E-state index contributed by atoms with van der Waals surface area (Å²) < 4.78 is 0. The van der Waals surface area contributed by atoms with Gasteiger partial charge < -0.3 is 10.2 Å². The number of anilines is 1. The summed E-state index contributed by atoms with van der Waals surface area (Å²) in [5.41, 5.74) is 1.23. The summed E-state index contributed by atoms with van der Waals surface area (Å²) in [6.45, 7) is 9.91. The highest BCUT2D eigenvalue weighted by atomic mass is 15.2. The van der Waals surface area contributed by atoms with E-state index in [0.29, 0.717) is 0 Å². The number of hydrogen-bond acceptors (Lipinski definition) is 3. The van der Waals surface area contributed by atoms with Gasteiger partial charge in [-0.3, -0.25) is 0 Å². The molecule has 0 bridgehead atoms. The van der Waals surface area contributed by atoms with Crippen LogP contribution in [0.5, 0.6) is 0 Å². The molecule has 1 heterocycles. The summed E-state index contributed by atoms with van der Waals surface area (Å²) in [6, 6.07) is 4.10. The highest BCUT2D eigenvalue weighted by Gasteiger charge is 2.04. The zero-order valence-electron chi connectivity index (χ0n) is 9.82. The second kappa shape index (κ2) is 6.80. The lowest BCUT2D eigenvalue weighted by molar-refractivity contribution is 0.812. The van der Waals surface area contributed by atoms with Crippen LogP contribution in [-0.2, 0) is 6.54 Å². The van der Waals surface area contributed by atoms with E-state index in [1.807, 2.05) is 31.5 Å². The highest BCUT2D eigenvalue weighted by Crippen LogP contribution is 2.12. The second-order valence-corrected chi connectivity index (χ2v) is 3.53. The monoisotopic (exact) mass is 217 g/mol. The lowest BCUT2D eigenvalue weighted by Gasteiger charge is -2.20. The van der Waals surface area contributed by atoms with Crippen LogP contribution in [0.2, 0.25) is 0 Å². The van der Waals surface area contributed by atoms with Gasteiger partial charge >= 0.3 is 0 Å². The average Bonchev–Trinajstić information content (AvgIpc) is 2.30. The van der Waals surface area contributed by atoms with Crippen molar-refractivity contribution in [3.8, 4) is 0 Å². The summed E-state index contributed by atoms with van der Waals surface area (Å²) in [5.74, 6) is 0.965. The van der Waals surface area contributed by atoms with Gasteiger partial charge in [0.25, 0.3) is 0 Å². The standard InChI is InChI=1S/C13H19N3/c1-4-8-16(9-5-2)13-10-12(11-14-3)6-7-15-13/h4-7,10,14H,1-2,8-9,11H2,3H3. The summed E-state index contributed by atoms with van der Waals surface area (Å²) in [6.07, 6.45) is 5.58. The lowest BCUT2D eigenvalue weighted by atomic mass is 10.2. The van der Waals surface area contributed by atoms with Crippen LogP contribution in [0.1, 0.15) is 5.56 Å². The Bertz CT molecular complexity index is 337. The minimum atomic E-state index is 0.780. The van der Waals surface area contributed by atoms with E-state index in [-0.39, 0.29) is 0 Å². The molecule has 1 aromatic rings. The number of nitrogens with zero attached hydrogens (tertiary/aromatic N) is 2. The summed E-state index contributed by atoms with van der Waals surface area (Å²) in [5, 5.41) is 3.13. The summed E-state index contributed by atoms with van der Waals surface area (Å²) in [4.78, 5) is 6.49. The molecule has 1 N–H and O–H groups in total. The lowest BCUT2D eigenvalue weighted by Crippen LogP contribution is -2.24. The number of pyridine rings is 1. The molecule has 0 amide bonds. The molecule has 0 aliphatic rings. The number of hydrogen-bond donors (Lipinski definition) is 1. The third-order valence-corrected chi connectivity index (χ3v) is 2.21. The Kier molecular flexibility index (Phi) is 5.29. The molecule has 16 heavy (non-hydrogen) atoms. The molecule has 1 aromatic heterocycles. The molecule has 0 saturated heterocycles. The van der Waals surface area contributed by atoms with Gasteiger partial charge in [0.1, 0.15) is 5.82 Å². The van der Waals surface area contributed by atoms with E-state index in [0.717, 1.165) is 25.5 Å². The van der Waals surface area contributed by atoms with E-state index >= 15 is 0 Å². The maximum atomic E-state index is 4.36. The molecule has 0 atom stereocenters. The normalized spacial score (nSPS) is 9.81. The molecule has 0 aliphatic carbocycles. The van der Waals surface area contributed by atoms with Crippen molar-refractivity contribution in [3.05, 3.63) is 49.2 Å². The fraction of sp³-hybridized carbons (Fsp3) is 0.308. The first-order chi connectivity index (χ1) is 7.81. The second-order valence-electron chi connectivity index (χ2n) is 3.53. The first-order valence-electron chi connectivity index (χ1n) is 5.38. The zero-order chi connectivity index (χ0) is 11.8. The van der Waals surface area contributed by atoms with Crippen LogP contribution in [0.15, 0.2) is 43.6 Å². The van der Waals surface area contributed by atoms with Crippen molar-refractivity contribution in [3.63, 3.8) is 0 Å². The Morgan fingerprint density at radius 3 is 2.62 bits per heavy atom. The van der Waals surface area contributed by atoms with Gasteiger partial charge in [0.15, 0.2) is 0 Å². The van der Waals surface area contributed by atoms with Gasteiger partial charge in [-0.25, -0.2) is 4.98 Å². The first-order valence-corrected chi connectivity index (χ1v) is 5.38. The van der Waals surface area contributed by atoms with Crippen LogP contribution < -0.4 is 10.2 Å². The Morgan fingerprint density at radius 1 is 1.38 bits per heavy atom. The quantitative estimate of drug-likeness (QED) is 0.708. The van der Waals surface area contributed by atoms with Gasteiger partial charge in [0, 0.05) is 25.8 Å². The molecule has 3 heteroatoms. The van der Waals surface area contributed by atoms with Gasteiger partial charge in [-0.05, 0) is 24.7 Å². The number of aromatic nitrogens is 1. The maximum Gasteiger partial charge on any atom is 0.129 e. The van der Waals surface area contributed by atoms with Gasteiger partial charge in [-0.1, -0.05) is 12.2 Å². The zero-order valence-corrected chi connectivity index (χ0v) is 9.82. The summed E-state index contributed by atoms with van der Waals surface area (Å²) in [7, 11) is 1.94. The largest absolute Gasteiger partial charge is 0.349 e. The fourth-order valence-corrected chi connectivity index (χ4v) is 1.52. The van der Waals surface area contributed by atoms with Crippen LogP contribution >= 0.6 is 0 Å². The van der Waals surface area contributed by atoms with Gasteiger partial charge in [-0.15, -0.1) is 13.2 Å². The van der Waals surface area contributed by atoms with Gasteiger partial charge in [0.2, 0.25) is 0 Å². The van der Waals surface area contributed by atoms with Crippen molar-refractivity contribution in [2.75, 3.05) is 25.0 Å². The average molecular weight is 217 g/mol. The molecule has 1 rings (SSSR count). The van der Waals surface area contributed by atoms with Crippen molar-refractivity contribution < 1.29 is 0 Å². The number of rotatable bonds is 7. The molecule has 0 saturated carbocycles. The SMILES string of the molecule is C=CCN(CC=C)c1cc(CNC)ccn1. The van der Waals surface area contributed by atoms with Gasteiger partial charge in [0.05, 0.1) is 0 Å². The van der Waals surface area contributed by atoms with Crippen molar-refractivity contribution in [2.24, 2.45) is 0 Å². The molecule has 3 nitrogen and oxygen atoms in total. The van der Waals surface area contributed by atoms with Crippen LogP contribution in [-0.4, -0.2) is 25.1 Å². The molecule has 0 radical (unpaired) electrons. The Hall–Kier alpha value is -1.61. The first kappa shape index (κ1) is 12.5. The van der Waals surface area contributed by atoms with Crippen LogP contribution in [0.25, 0.3) is 0 Å². The van der Waals surface area contributed by atoms with Crippen molar-refractivity contribution in [1.29, 1.82) is 0 Å². The highest BCUT2D eigenvalue weighted by molar-refractivity contribution is 5.42. The van der Waals surface area contributed by atoms with E-state index in [4.69, 9.17) is 0 Å². The van der Waals surface area contributed by atoms with E-state index in [2.05, 4.69) is 34.4 Å². The predicted octanol–water partition coefficient (Wildman–Crippen LogP) is 1.98. The van der Waals surface area contributed by atoms with Crippen LogP contribution in [0.4, 0.5) is 5.82 Å². The third-order valence-electron chi connectivity index (χ3n) is 2.21. The fourth-order valence-electron chi connectivity index (χ4n) is 1.52. The molecule has 86 valence electrons. The van der Waals surface area contributed by atoms with Crippen molar-refractivity contribution >= 4 is 5.82 Å². The minimum absolute atomic E-state index is 0.780. The minimum Gasteiger partial charge on any atom is -0.349 e. The van der Waals surface area contributed by atoms with Crippen LogP contribution in [0.3, 0.4) is 0 Å². The molecule has 0 unspecified atom stereocenters. The van der Waals surface area contributed by atoms with E-state index in [1.54, 1.807) is 0 Å². The molecule has 0 spiro atoms. The Morgan fingerprint density at radius 2 is 2.06 bits per heavy atom. The van der Waals surface area contributed by atoms with E-state index in [1.165, 1.54) is 5.56 Å².